The van der Waals surface area contributed by atoms with Gasteiger partial charge in [-0.15, -0.1) is 11.8 Å². The fourth-order valence-corrected chi connectivity index (χ4v) is 3.73. The summed E-state index contributed by atoms with van der Waals surface area (Å²) in [6, 6.07) is 12.1. The Hall–Kier alpha value is -3.46. The largest absolute Gasteiger partial charge is 0.456 e. The predicted octanol–water partition coefficient (Wildman–Crippen LogP) is 3.34. The topological polar surface area (TPSA) is 99.6 Å². The van der Waals surface area contributed by atoms with Crippen LogP contribution in [0.4, 0.5) is 0 Å². The van der Waals surface area contributed by atoms with E-state index in [1.807, 2.05) is 25.1 Å². The molecule has 0 saturated carbocycles. The van der Waals surface area contributed by atoms with E-state index in [1.54, 1.807) is 31.3 Å². The van der Waals surface area contributed by atoms with Crippen LogP contribution in [-0.4, -0.2) is 25.5 Å². The highest BCUT2D eigenvalue weighted by Gasteiger charge is 2.15. The number of carbonyl (C=O) groups is 1. The van der Waals surface area contributed by atoms with Crippen LogP contribution >= 0.6 is 11.8 Å². The lowest BCUT2D eigenvalue weighted by molar-refractivity contribution is 0.0463. The first kappa shape index (κ1) is 19.8. The number of ether oxygens (including phenoxy) is 1. The number of hydrogen-bond acceptors (Lipinski definition) is 8. The third-order valence-electron chi connectivity index (χ3n) is 4.24. The van der Waals surface area contributed by atoms with Gasteiger partial charge in [0.15, 0.2) is 5.82 Å². The zero-order valence-electron chi connectivity index (χ0n) is 16.4. The molecule has 0 bridgehead atoms. The van der Waals surface area contributed by atoms with E-state index in [4.69, 9.17) is 9.26 Å². The van der Waals surface area contributed by atoms with Gasteiger partial charge >= 0.3 is 5.97 Å². The molecule has 0 aliphatic heterocycles. The highest BCUT2D eigenvalue weighted by atomic mass is 32.2. The molecule has 3 aromatic heterocycles. The van der Waals surface area contributed by atoms with Gasteiger partial charge in [-0.05, 0) is 37.6 Å². The van der Waals surface area contributed by atoms with Crippen molar-refractivity contribution < 1.29 is 14.1 Å². The number of esters is 1. The van der Waals surface area contributed by atoms with Crippen molar-refractivity contribution in [2.45, 2.75) is 31.1 Å². The minimum atomic E-state index is -0.495. The van der Waals surface area contributed by atoms with Crippen molar-refractivity contribution in [2.75, 3.05) is 0 Å². The summed E-state index contributed by atoms with van der Waals surface area (Å²) in [4.78, 5) is 34.2. The van der Waals surface area contributed by atoms with Crippen LogP contribution in [0.2, 0.25) is 0 Å². The Labute approximate surface area is 175 Å². The minimum Gasteiger partial charge on any atom is -0.456 e. The van der Waals surface area contributed by atoms with E-state index >= 15 is 0 Å². The van der Waals surface area contributed by atoms with E-state index in [2.05, 4.69) is 15.1 Å². The monoisotopic (exact) mass is 422 g/mol. The molecule has 0 aliphatic rings. The lowest BCUT2D eigenvalue weighted by Crippen LogP contribution is -2.17. The summed E-state index contributed by atoms with van der Waals surface area (Å²) in [5.41, 5.74) is 2.05. The molecule has 0 saturated heterocycles. The van der Waals surface area contributed by atoms with Crippen molar-refractivity contribution in [1.82, 2.24) is 19.5 Å². The summed E-state index contributed by atoms with van der Waals surface area (Å²) in [6.07, 6.45) is 1.72. The van der Waals surface area contributed by atoms with Gasteiger partial charge in [-0.25, -0.2) is 9.78 Å². The fraction of sp³-hybridized carbons (Fsp3) is 0.190. The normalized spacial score (nSPS) is 11.0. The molecule has 0 radical (unpaired) electrons. The second kappa shape index (κ2) is 8.50. The maximum atomic E-state index is 12.6. The Kier molecular flexibility index (Phi) is 5.62. The molecule has 0 amide bonds. The lowest BCUT2D eigenvalue weighted by atomic mass is 10.2. The molecule has 9 heteroatoms. The number of hydrogen-bond donors (Lipinski definition) is 0. The number of carbonyl (C=O) groups excluding carboxylic acids is 1. The maximum Gasteiger partial charge on any atom is 0.339 e. The molecular weight excluding hydrogens is 404 g/mol. The first-order valence-electron chi connectivity index (χ1n) is 9.17. The van der Waals surface area contributed by atoms with Crippen molar-refractivity contribution in [1.29, 1.82) is 0 Å². The number of fused-ring (bicyclic) bond motifs is 1. The average Bonchev–Trinajstić information content (AvgIpc) is 3.16. The molecule has 0 spiro atoms. The van der Waals surface area contributed by atoms with E-state index in [9.17, 15) is 9.59 Å². The number of thioether (sulfide) groups is 1. The van der Waals surface area contributed by atoms with Gasteiger partial charge in [-0.3, -0.25) is 9.20 Å². The highest BCUT2D eigenvalue weighted by Crippen LogP contribution is 2.26. The van der Waals surface area contributed by atoms with E-state index in [0.29, 0.717) is 34.4 Å². The smallest absolute Gasteiger partial charge is 0.339 e. The summed E-state index contributed by atoms with van der Waals surface area (Å²) in [6.45, 7) is 3.55. The second-order valence-electron chi connectivity index (χ2n) is 6.62. The molecule has 30 heavy (non-hydrogen) atoms. The van der Waals surface area contributed by atoms with Gasteiger partial charge in [0, 0.05) is 17.2 Å². The van der Waals surface area contributed by atoms with Gasteiger partial charge in [-0.2, -0.15) is 4.98 Å². The standard InChI is InChI=1S/C21H18N4O4S/c1-13-7-8-18-23-15(9-20(26)25(18)10-13)11-28-21(27)16-5-3-4-6-17(16)30-12-19-22-14(2)24-29-19/h3-10H,11-12H2,1-2H3. The number of aromatic nitrogens is 4. The van der Waals surface area contributed by atoms with Crippen LogP contribution in [0.3, 0.4) is 0 Å². The van der Waals surface area contributed by atoms with Crippen LogP contribution in [0.5, 0.6) is 0 Å². The van der Waals surface area contributed by atoms with Gasteiger partial charge in [0.25, 0.3) is 5.56 Å². The molecule has 0 unspecified atom stereocenters. The van der Waals surface area contributed by atoms with E-state index in [0.717, 1.165) is 10.5 Å². The third kappa shape index (κ3) is 4.41. The third-order valence-corrected chi connectivity index (χ3v) is 5.30. The summed E-state index contributed by atoms with van der Waals surface area (Å²) in [5.74, 6) is 0.989. The molecule has 152 valence electrons. The highest BCUT2D eigenvalue weighted by molar-refractivity contribution is 7.98. The molecule has 0 N–H and O–H groups in total. The van der Waals surface area contributed by atoms with Crippen molar-refractivity contribution in [3.63, 3.8) is 0 Å². The molecule has 1 aromatic carbocycles. The Morgan fingerprint density at radius 1 is 1.17 bits per heavy atom. The molecule has 0 aliphatic carbocycles. The van der Waals surface area contributed by atoms with E-state index < -0.39 is 5.97 Å². The van der Waals surface area contributed by atoms with Gasteiger partial charge in [0.2, 0.25) is 5.89 Å². The van der Waals surface area contributed by atoms with Gasteiger partial charge in [0.1, 0.15) is 12.3 Å². The van der Waals surface area contributed by atoms with Crippen molar-refractivity contribution >= 4 is 23.4 Å². The van der Waals surface area contributed by atoms with Crippen molar-refractivity contribution in [3.8, 4) is 0 Å². The molecule has 0 fully saturated rings. The summed E-state index contributed by atoms with van der Waals surface area (Å²) in [5, 5.41) is 3.76. The van der Waals surface area contributed by atoms with Crippen LogP contribution < -0.4 is 5.56 Å². The van der Waals surface area contributed by atoms with Crippen LogP contribution in [0.15, 0.2) is 62.9 Å². The molecule has 4 aromatic rings. The number of nitrogens with zero attached hydrogens (tertiary/aromatic N) is 4. The quantitative estimate of drug-likeness (QED) is 0.345. The summed E-state index contributed by atoms with van der Waals surface area (Å²) < 4.78 is 12.0. The van der Waals surface area contributed by atoms with Gasteiger partial charge < -0.3 is 9.26 Å². The van der Waals surface area contributed by atoms with Crippen LogP contribution in [-0.2, 0) is 17.1 Å². The first-order valence-corrected chi connectivity index (χ1v) is 10.2. The van der Waals surface area contributed by atoms with Gasteiger partial charge in [0.05, 0.1) is 17.0 Å². The van der Waals surface area contributed by atoms with E-state index in [1.165, 1.54) is 22.2 Å². The Morgan fingerprint density at radius 2 is 2.00 bits per heavy atom. The maximum absolute atomic E-state index is 12.6. The van der Waals surface area contributed by atoms with Crippen LogP contribution in [0.25, 0.3) is 5.65 Å². The van der Waals surface area contributed by atoms with E-state index in [-0.39, 0.29) is 12.2 Å². The van der Waals surface area contributed by atoms with Crippen molar-refractivity contribution in [3.05, 3.63) is 87.6 Å². The number of pyridine rings is 1. The Morgan fingerprint density at radius 3 is 2.80 bits per heavy atom. The predicted molar refractivity (Wildman–Crippen MR) is 110 cm³/mol. The molecule has 4 rings (SSSR count). The number of aryl methyl sites for hydroxylation is 2. The summed E-state index contributed by atoms with van der Waals surface area (Å²) >= 11 is 1.40. The van der Waals surface area contributed by atoms with Crippen LogP contribution in [0.1, 0.15) is 33.3 Å². The lowest BCUT2D eigenvalue weighted by Gasteiger charge is -2.09. The minimum absolute atomic E-state index is 0.0969. The molecular formula is C21H18N4O4S. The molecule has 0 atom stereocenters. The molecule has 8 nitrogen and oxygen atoms in total. The van der Waals surface area contributed by atoms with Crippen molar-refractivity contribution in [2.24, 2.45) is 0 Å². The fourth-order valence-electron chi connectivity index (χ4n) is 2.85. The Balaban J connectivity index is 1.47. The van der Waals surface area contributed by atoms with Gasteiger partial charge in [-0.1, -0.05) is 23.4 Å². The molecule has 3 heterocycles. The SMILES string of the molecule is Cc1ccc2nc(COC(=O)c3ccccc3SCc3nc(C)no3)cc(=O)n2c1. The number of benzene rings is 1. The summed E-state index contributed by atoms with van der Waals surface area (Å²) in [7, 11) is 0. The first-order chi connectivity index (χ1) is 14.5. The average molecular weight is 422 g/mol. The van der Waals surface area contributed by atoms with Crippen LogP contribution in [0, 0.1) is 13.8 Å². The number of rotatable bonds is 6. The Bertz CT molecular complexity index is 1280. The second-order valence-corrected chi connectivity index (χ2v) is 7.63. The zero-order chi connectivity index (χ0) is 21.1. The zero-order valence-corrected chi connectivity index (χ0v) is 17.2.